The van der Waals surface area contributed by atoms with E-state index in [2.05, 4.69) is 164 Å². The monoisotopic (exact) mass is 615 g/mol. The van der Waals surface area contributed by atoms with E-state index in [9.17, 15) is 0 Å². The van der Waals surface area contributed by atoms with Gasteiger partial charge in [0.1, 0.15) is 0 Å². The molecule has 48 heavy (non-hydrogen) atoms. The second-order valence-corrected chi connectivity index (χ2v) is 13.5. The first-order valence-corrected chi connectivity index (χ1v) is 17.3. The molecule has 1 heteroatoms. The molecule has 1 heterocycles. The van der Waals surface area contributed by atoms with Gasteiger partial charge >= 0.3 is 0 Å². The van der Waals surface area contributed by atoms with Crippen molar-refractivity contribution in [3.05, 3.63) is 175 Å². The number of hydrogen-bond acceptors (Lipinski definition) is 1. The van der Waals surface area contributed by atoms with Gasteiger partial charge in [-0.3, -0.25) is 4.98 Å². The summed E-state index contributed by atoms with van der Waals surface area (Å²) in [7, 11) is 0. The summed E-state index contributed by atoms with van der Waals surface area (Å²) in [4.78, 5) is 5.06. The van der Waals surface area contributed by atoms with Crippen LogP contribution in [0, 0.1) is 0 Å². The molecule has 1 saturated carbocycles. The molecule has 0 saturated heterocycles. The number of hydrogen-bond donors (Lipinski definition) is 0. The van der Waals surface area contributed by atoms with E-state index in [-0.39, 0.29) is 0 Å². The van der Waals surface area contributed by atoms with E-state index in [1.807, 2.05) is 0 Å². The minimum atomic E-state index is 0.693. The lowest BCUT2D eigenvalue weighted by Gasteiger charge is -2.38. The molecule has 1 nitrogen and oxygen atoms in total. The number of pyridine rings is 1. The van der Waals surface area contributed by atoms with Crippen molar-refractivity contribution in [3.8, 4) is 66.9 Å². The number of nitrogens with zero attached hydrogens (tertiary/aromatic N) is 1. The molecule has 0 spiro atoms. The lowest BCUT2D eigenvalue weighted by molar-refractivity contribution is 0.358. The third kappa shape index (κ3) is 5.36. The van der Waals surface area contributed by atoms with Gasteiger partial charge < -0.3 is 0 Å². The van der Waals surface area contributed by atoms with Crippen LogP contribution in [0.25, 0.3) is 66.9 Å². The van der Waals surface area contributed by atoms with Gasteiger partial charge in [0, 0.05) is 11.8 Å². The van der Waals surface area contributed by atoms with Crippen molar-refractivity contribution in [2.24, 2.45) is 0 Å². The van der Waals surface area contributed by atoms with Gasteiger partial charge in [-0.1, -0.05) is 121 Å². The molecular formula is C47H37N. The number of aromatic nitrogens is 1. The Balaban J connectivity index is 1.18. The Bertz CT molecular complexity index is 2170. The van der Waals surface area contributed by atoms with Crippen molar-refractivity contribution in [1.82, 2.24) is 4.98 Å². The third-order valence-electron chi connectivity index (χ3n) is 10.6. The van der Waals surface area contributed by atoms with E-state index >= 15 is 0 Å². The highest BCUT2D eigenvalue weighted by atomic mass is 14.7. The van der Waals surface area contributed by atoms with Crippen molar-refractivity contribution in [3.63, 3.8) is 0 Å². The van der Waals surface area contributed by atoms with Crippen molar-refractivity contribution in [2.45, 2.75) is 37.5 Å². The van der Waals surface area contributed by atoms with E-state index in [4.69, 9.17) is 4.98 Å². The van der Waals surface area contributed by atoms with Crippen LogP contribution >= 0.6 is 0 Å². The van der Waals surface area contributed by atoms with Crippen LogP contribution in [0.2, 0.25) is 0 Å². The smallest absolute Gasteiger partial charge is 0.0705 e. The predicted octanol–water partition coefficient (Wildman–Crippen LogP) is 12.8. The Morgan fingerprint density at radius 2 is 0.833 bits per heavy atom. The highest BCUT2D eigenvalue weighted by Crippen LogP contribution is 2.50. The van der Waals surface area contributed by atoms with Gasteiger partial charge in [-0.05, 0) is 141 Å². The Kier molecular flexibility index (Phi) is 7.32. The molecule has 6 aromatic carbocycles. The fourth-order valence-corrected chi connectivity index (χ4v) is 8.12. The topological polar surface area (TPSA) is 12.9 Å². The number of benzene rings is 6. The van der Waals surface area contributed by atoms with Crippen LogP contribution in [-0.4, -0.2) is 4.98 Å². The summed E-state index contributed by atoms with van der Waals surface area (Å²) in [6.45, 7) is 0. The zero-order chi connectivity index (χ0) is 31.9. The molecule has 0 N–H and O–H groups in total. The van der Waals surface area contributed by atoms with Crippen LogP contribution in [0.3, 0.4) is 0 Å². The van der Waals surface area contributed by atoms with Gasteiger partial charge in [0.2, 0.25) is 0 Å². The van der Waals surface area contributed by atoms with Crippen LogP contribution in [0.1, 0.15) is 48.6 Å². The molecule has 3 aliphatic rings. The van der Waals surface area contributed by atoms with Crippen molar-refractivity contribution < 1.29 is 0 Å². The molecule has 0 radical (unpaired) electrons. The summed E-state index contributed by atoms with van der Waals surface area (Å²) in [5.74, 6) is 1.40. The Labute approximate surface area is 283 Å². The molecule has 1 fully saturated rings. The number of fused-ring (bicyclic) bond motifs is 2. The maximum Gasteiger partial charge on any atom is 0.0705 e. The normalized spacial score (nSPS) is 16.4. The predicted molar refractivity (Wildman–Crippen MR) is 201 cm³/mol. The van der Waals surface area contributed by atoms with Crippen LogP contribution in [0.4, 0.5) is 0 Å². The first-order chi connectivity index (χ1) is 23.8. The van der Waals surface area contributed by atoms with Crippen molar-refractivity contribution in [2.75, 3.05) is 0 Å². The quantitative estimate of drug-likeness (QED) is 0.181. The van der Waals surface area contributed by atoms with Crippen LogP contribution in [-0.2, 0) is 0 Å². The van der Waals surface area contributed by atoms with Gasteiger partial charge in [-0.25, -0.2) is 0 Å². The van der Waals surface area contributed by atoms with Crippen molar-refractivity contribution in [1.29, 1.82) is 0 Å². The molecule has 0 aliphatic heterocycles. The number of rotatable bonds is 6. The summed E-state index contributed by atoms with van der Waals surface area (Å²) in [6, 6.07) is 57.6. The summed E-state index contributed by atoms with van der Waals surface area (Å²) in [6.07, 6.45) is 7.49. The van der Waals surface area contributed by atoms with Gasteiger partial charge in [-0.15, -0.1) is 0 Å². The van der Waals surface area contributed by atoms with Crippen LogP contribution in [0.15, 0.2) is 164 Å². The molecule has 230 valence electrons. The van der Waals surface area contributed by atoms with Gasteiger partial charge in [0.25, 0.3) is 0 Å². The van der Waals surface area contributed by atoms with Gasteiger partial charge in [0.05, 0.1) is 5.69 Å². The molecule has 10 rings (SSSR count). The van der Waals surface area contributed by atoms with Crippen LogP contribution < -0.4 is 0 Å². The SMILES string of the molecule is c1ccc(-c2cc(-c3ccccc3)cc(-c3cccc(-c4cc(-c5cc6c(cn5)C5CCC6CC5)ccc4-c4ccccc4)c3)c2)cc1. The largest absolute Gasteiger partial charge is 0.256 e. The molecule has 0 amide bonds. The third-order valence-corrected chi connectivity index (χ3v) is 10.6. The minimum Gasteiger partial charge on any atom is -0.256 e. The van der Waals surface area contributed by atoms with E-state index in [0.717, 1.165) is 5.69 Å². The molecule has 3 aliphatic carbocycles. The average Bonchev–Trinajstić information content (AvgIpc) is 3.19. The molecule has 0 unspecified atom stereocenters. The molecule has 0 atom stereocenters. The standard InChI is InChI=1S/C47H37N/c1-4-11-32(12-5-1)40-26-41(33-13-6-2-7-14-33)28-42(27-40)37-17-10-18-38(25-37)44-29-39(23-24-43(44)34-15-8-3-9-16-34)47-30-45-35-19-21-36(22-20-35)46(45)31-48-47/h1-18,23-31,35-36H,19-22H2. The van der Waals surface area contributed by atoms with E-state index < -0.39 is 0 Å². The Hall–Kier alpha value is -5.53. The summed E-state index contributed by atoms with van der Waals surface area (Å²) in [5, 5.41) is 0. The second kappa shape index (κ2) is 12.2. The van der Waals surface area contributed by atoms with Gasteiger partial charge in [-0.2, -0.15) is 0 Å². The molecular weight excluding hydrogens is 579 g/mol. The fourth-order valence-electron chi connectivity index (χ4n) is 8.12. The van der Waals surface area contributed by atoms with Crippen molar-refractivity contribution >= 4 is 0 Å². The molecule has 1 aromatic heterocycles. The highest BCUT2D eigenvalue weighted by molar-refractivity contribution is 5.89. The summed E-state index contributed by atoms with van der Waals surface area (Å²) in [5.41, 5.74) is 17.5. The first-order valence-electron chi connectivity index (χ1n) is 17.3. The Morgan fingerprint density at radius 3 is 1.46 bits per heavy atom. The van der Waals surface area contributed by atoms with E-state index in [1.165, 1.54) is 92.4 Å². The zero-order valence-corrected chi connectivity index (χ0v) is 27.0. The Morgan fingerprint density at radius 1 is 0.333 bits per heavy atom. The average molecular weight is 616 g/mol. The maximum absolute atomic E-state index is 5.06. The first kappa shape index (κ1) is 28.7. The summed E-state index contributed by atoms with van der Waals surface area (Å²) < 4.78 is 0. The fraction of sp³-hybridized carbons (Fsp3) is 0.128. The van der Waals surface area contributed by atoms with Gasteiger partial charge in [0.15, 0.2) is 0 Å². The zero-order valence-electron chi connectivity index (χ0n) is 27.0. The molecule has 7 aromatic rings. The van der Waals surface area contributed by atoms with E-state index in [1.54, 1.807) is 5.56 Å². The highest BCUT2D eigenvalue weighted by Gasteiger charge is 2.33. The lowest BCUT2D eigenvalue weighted by atomic mass is 9.67. The van der Waals surface area contributed by atoms with Crippen LogP contribution in [0.5, 0.6) is 0 Å². The summed E-state index contributed by atoms with van der Waals surface area (Å²) >= 11 is 0. The second-order valence-electron chi connectivity index (χ2n) is 13.5. The maximum atomic E-state index is 5.06. The minimum absolute atomic E-state index is 0.693. The van der Waals surface area contributed by atoms with E-state index in [0.29, 0.717) is 11.8 Å². The lowest BCUT2D eigenvalue weighted by Crippen LogP contribution is -2.21. The molecule has 2 bridgehead atoms.